The molecule has 0 aliphatic carbocycles. The molecule has 0 aromatic heterocycles. The molecule has 158 valence electrons. The number of thioether (sulfide) groups is 1. The number of rotatable bonds is 13. The van der Waals surface area contributed by atoms with E-state index < -0.39 is 5.97 Å². The number of hydrogen-bond acceptors (Lipinski definition) is 7. The summed E-state index contributed by atoms with van der Waals surface area (Å²) in [6, 6.07) is 3.35. The summed E-state index contributed by atoms with van der Waals surface area (Å²) in [7, 11) is 1.31. The Kier molecular flexibility index (Phi) is 11.5. The van der Waals surface area contributed by atoms with Crippen LogP contribution in [0.1, 0.15) is 63.2 Å². The Hall–Kier alpha value is -1.89. The first-order chi connectivity index (χ1) is 13.5. The van der Waals surface area contributed by atoms with Gasteiger partial charge in [-0.2, -0.15) is 0 Å². The maximum Gasteiger partial charge on any atom is 0.340 e. The van der Waals surface area contributed by atoms with Gasteiger partial charge in [0.1, 0.15) is 5.75 Å². The van der Waals surface area contributed by atoms with Gasteiger partial charge in [-0.1, -0.05) is 33.1 Å². The summed E-state index contributed by atoms with van der Waals surface area (Å²) in [5, 5.41) is 0. The summed E-state index contributed by atoms with van der Waals surface area (Å²) in [5.74, 6) is 0.750. The molecule has 1 aromatic carbocycles. The van der Waals surface area contributed by atoms with E-state index in [0.29, 0.717) is 41.2 Å². The lowest BCUT2D eigenvalue weighted by atomic mass is 10.0. The monoisotopic (exact) mass is 411 g/mol. The topological polar surface area (TPSA) is 87.8 Å². The molecule has 1 aromatic rings. The van der Waals surface area contributed by atoms with Gasteiger partial charge in [-0.25, -0.2) is 4.79 Å². The first-order valence-corrected chi connectivity index (χ1v) is 10.9. The molecular formula is C21H33NO5S. The fourth-order valence-corrected chi connectivity index (χ4v) is 3.63. The van der Waals surface area contributed by atoms with Crippen molar-refractivity contribution in [3.63, 3.8) is 0 Å². The number of esters is 2. The Morgan fingerprint density at radius 3 is 2.57 bits per heavy atom. The van der Waals surface area contributed by atoms with Gasteiger partial charge in [0.2, 0.25) is 0 Å². The summed E-state index contributed by atoms with van der Waals surface area (Å²) in [6.07, 6.45) is 4.69. The van der Waals surface area contributed by atoms with E-state index in [0.717, 1.165) is 25.7 Å². The van der Waals surface area contributed by atoms with Crippen LogP contribution < -0.4 is 10.5 Å². The molecule has 0 radical (unpaired) electrons. The Labute approximate surface area is 172 Å². The number of methoxy groups -OCH3 is 1. The number of carbonyl (C=O) groups is 2. The van der Waals surface area contributed by atoms with E-state index in [-0.39, 0.29) is 18.0 Å². The number of anilines is 1. The number of unbranched alkanes of at least 4 members (excludes halogenated alkanes) is 1. The van der Waals surface area contributed by atoms with Crippen LogP contribution in [0.5, 0.6) is 5.75 Å². The lowest BCUT2D eigenvalue weighted by Gasteiger charge is -2.15. The summed E-state index contributed by atoms with van der Waals surface area (Å²) in [4.78, 5) is 24.7. The molecule has 28 heavy (non-hydrogen) atoms. The molecule has 6 nitrogen and oxygen atoms in total. The van der Waals surface area contributed by atoms with E-state index in [9.17, 15) is 9.59 Å². The number of carbonyl (C=O) groups excluding carboxylic acids is 2. The van der Waals surface area contributed by atoms with Gasteiger partial charge < -0.3 is 19.9 Å². The van der Waals surface area contributed by atoms with Crippen molar-refractivity contribution >= 4 is 29.4 Å². The minimum atomic E-state index is -0.516. The van der Waals surface area contributed by atoms with E-state index in [1.807, 2.05) is 6.92 Å². The lowest BCUT2D eigenvalue weighted by molar-refractivity contribution is -0.144. The van der Waals surface area contributed by atoms with Gasteiger partial charge in [0, 0.05) is 10.6 Å². The van der Waals surface area contributed by atoms with Crippen molar-refractivity contribution < 1.29 is 23.8 Å². The normalized spacial score (nSPS) is 11.7. The second-order valence-electron chi connectivity index (χ2n) is 6.51. The SMILES string of the molecule is CCCCC(CC)COC(=O)CCSc1cc(OCC)cc(C(=O)OC)c1N. The highest BCUT2D eigenvalue weighted by Gasteiger charge is 2.17. The lowest BCUT2D eigenvalue weighted by Crippen LogP contribution is -2.14. The molecule has 1 unspecified atom stereocenters. The molecule has 0 aliphatic heterocycles. The van der Waals surface area contributed by atoms with Crippen LogP contribution >= 0.6 is 11.8 Å². The number of ether oxygens (including phenoxy) is 3. The Balaban J connectivity index is 2.62. The van der Waals surface area contributed by atoms with Gasteiger partial charge >= 0.3 is 11.9 Å². The molecule has 7 heteroatoms. The predicted molar refractivity (Wildman–Crippen MR) is 113 cm³/mol. The van der Waals surface area contributed by atoms with Crippen molar-refractivity contribution in [3.8, 4) is 5.75 Å². The minimum Gasteiger partial charge on any atom is -0.494 e. The highest BCUT2D eigenvalue weighted by atomic mass is 32.2. The third kappa shape index (κ3) is 8.00. The fraction of sp³-hybridized carbons (Fsp3) is 0.619. The fourth-order valence-electron chi connectivity index (χ4n) is 2.68. The number of hydrogen-bond donors (Lipinski definition) is 1. The van der Waals surface area contributed by atoms with Crippen molar-refractivity contribution in [2.24, 2.45) is 5.92 Å². The summed E-state index contributed by atoms with van der Waals surface area (Å²) >= 11 is 1.40. The van der Waals surface area contributed by atoms with Crippen molar-refractivity contribution in [1.29, 1.82) is 0 Å². The van der Waals surface area contributed by atoms with Crippen LogP contribution in [0.4, 0.5) is 5.69 Å². The molecule has 0 aliphatic rings. The summed E-state index contributed by atoms with van der Waals surface area (Å²) in [5.41, 5.74) is 6.71. The quantitative estimate of drug-likeness (QED) is 0.286. The molecule has 0 heterocycles. The van der Waals surface area contributed by atoms with Crippen LogP contribution in [-0.2, 0) is 14.3 Å². The second-order valence-corrected chi connectivity index (χ2v) is 7.64. The van der Waals surface area contributed by atoms with Crippen LogP contribution in [-0.4, -0.2) is 38.0 Å². The Bertz CT molecular complexity index is 635. The molecule has 0 bridgehead atoms. The largest absolute Gasteiger partial charge is 0.494 e. The van der Waals surface area contributed by atoms with E-state index in [2.05, 4.69) is 13.8 Å². The number of benzene rings is 1. The zero-order chi connectivity index (χ0) is 20.9. The molecule has 0 spiro atoms. The van der Waals surface area contributed by atoms with Crippen molar-refractivity contribution in [2.45, 2.75) is 57.8 Å². The number of nitrogens with two attached hydrogens (primary N) is 1. The van der Waals surface area contributed by atoms with Crippen LogP contribution in [0.15, 0.2) is 17.0 Å². The molecule has 1 atom stereocenters. The Morgan fingerprint density at radius 1 is 1.21 bits per heavy atom. The zero-order valence-corrected chi connectivity index (χ0v) is 18.2. The van der Waals surface area contributed by atoms with Crippen molar-refractivity contribution in [3.05, 3.63) is 17.7 Å². The van der Waals surface area contributed by atoms with E-state index in [1.54, 1.807) is 12.1 Å². The smallest absolute Gasteiger partial charge is 0.340 e. The molecule has 0 saturated carbocycles. The van der Waals surface area contributed by atoms with Crippen LogP contribution in [0.2, 0.25) is 0 Å². The summed E-state index contributed by atoms with van der Waals surface area (Å²) in [6.45, 7) is 7.10. The molecule has 0 fully saturated rings. The highest BCUT2D eigenvalue weighted by molar-refractivity contribution is 7.99. The maximum absolute atomic E-state index is 12.0. The first-order valence-electron chi connectivity index (χ1n) is 9.89. The summed E-state index contributed by atoms with van der Waals surface area (Å²) < 4.78 is 15.7. The average Bonchev–Trinajstić information content (AvgIpc) is 2.69. The number of nitrogen functional groups attached to an aromatic ring is 1. The predicted octanol–water partition coefficient (Wildman–Crippen LogP) is 4.70. The Morgan fingerprint density at radius 2 is 1.96 bits per heavy atom. The average molecular weight is 412 g/mol. The van der Waals surface area contributed by atoms with Gasteiger partial charge in [0.25, 0.3) is 0 Å². The zero-order valence-electron chi connectivity index (χ0n) is 17.4. The van der Waals surface area contributed by atoms with Crippen molar-refractivity contribution in [2.75, 3.05) is 31.8 Å². The van der Waals surface area contributed by atoms with Gasteiger partial charge in [0.05, 0.1) is 38.0 Å². The van der Waals surface area contributed by atoms with E-state index in [1.165, 1.54) is 18.9 Å². The third-order valence-corrected chi connectivity index (χ3v) is 5.48. The van der Waals surface area contributed by atoms with Gasteiger partial charge in [-0.3, -0.25) is 4.79 Å². The van der Waals surface area contributed by atoms with E-state index >= 15 is 0 Å². The van der Waals surface area contributed by atoms with E-state index in [4.69, 9.17) is 19.9 Å². The maximum atomic E-state index is 12.0. The molecule has 1 rings (SSSR count). The highest BCUT2D eigenvalue weighted by Crippen LogP contribution is 2.33. The third-order valence-electron chi connectivity index (χ3n) is 4.42. The van der Waals surface area contributed by atoms with Crippen molar-refractivity contribution in [1.82, 2.24) is 0 Å². The van der Waals surface area contributed by atoms with Gasteiger partial charge in [0.15, 0.2) is 0 Å². The molecular weight excluding hydrogens is 378 g/mol. The van der Waals surface area contributed by atoms with Gasteiger partial charge in [-0.05, 0) is 31.4 Å². The standard InChI is InChI=1S/C21H33NO5S/c1-5-8-9-15(6-2)14-27-19(23)10-11-28-18-13-16(26-7-3)12-17(20(18)22)21(24)25-4/h12-13,15H,5-11,14,22H2,1-4H3. The first kappa shape index (κ1) is 24.1. The second kappa shape index (κ2) is 13.3. The minimum absolute atomic E-state index is 0.213. The van der Waals surface area contributed by atoms with Crippen LogP contribution in [0.3, 0.4) is 0 Å². The molecule has 0 amide bonds. The van der Waals surface area contributed by atoms with Crippen LogP contribution in [0.25, 0.3) is 0 Å². The molecule has 2 N–H and O–H groups in total. The van der Waals surface area contributed by atoms with Crippen LogP contribution in [0, 0.1) is 5.92 Å². The molecule has 0 saturated heterocycles. The van der Waals surface area contributed by atoms with Gasteiger partial charge in [-0.15, -0.1) is 11.8 Å².